The number of pyridine rings is 1. The Hall–Kier alpha value is -2.73. The molecule has 0 spiro atoms. The average Bonchev–Trinajstić information content (AvgIpc) is 2.80. The number of thioether (sulfide) groups is 1. The van der Waals surface area contributed by atoms with E-state index in [2.05, 4.69) is 34.2 Å². The van der Waals surface area contributed by atoms with Crippen molar-refractivity contribution < 1.29 is 4.79 Å². The minimum absolute atomic E-state index is 0.0625. The number of carbonyl (C=O) groups is 1. The number of likely N-dealkylation sites (tertiary alicyclic amines) is 1. The topological polar surface area (TPSA) is 59.0 Å². The number of hydrogen-bond donors (Lipinski definition) is 0. The van der Waals surface area contributed by atoms with Crippen molar-refractivity contribution in [1.29, 1.82) is 0 Å². The van der Waals surface area contributed by atoms with Gasteiger partial charge in [0.25, 0.3) is 5.91 Å². The van der Waals surface area contributed by atoms with Crippen LogP contribution < -0.4 is 0 Å². The molecule has 1 aromatic carbocycles. The van der Waals surface area contributed by atoms with E-state index < -0.39 is 0 Å². The lowest BCUT2D eigenvalue weighted by Crippen LogP contribution is -2.40. The van der Waals surface area contributed by atoms with Crippen molar-refractivity contribution in [3.8, 4) is 0 Å². The third kappa shape index (κ3) is 4.54. The monoisotopic (exact) mass is 418 g/mol. The lowest BCUT2D eigenvalue weighted by Gasteiger charge is -2.33. The minimum atomic E-state index is 0.0625. The van der Waals surface area contributed by atoms with E-state index in [0.29, 0.717) is 12.1 Å². The molecule has 0 saturated carbocycles. The lowest BCUT2D eigenvalue weighted by molar-refractivity contribution is 0.0701. The summed E-state index contributed by atoms with van der Waals surface area (Å²) < 4.78 is 0. The Morgan fingerprint density at radius 2 is 2.00 bits per heavy atom. The van der Waals surface area contributed by atoms with Crippen molar-refractivity contribution in [2.24, 2.45) is 0 Å². The van der Waals surface area contributed by atoms with Crippen LogP contribution >= 0.6 is 11.8 Å². The Morgan fingerprint density at radius 3 is 2.80 bits per heavy atom. The SMILES string of the molecule is CSc1ncccc1C(=O)N1CCC[C@H](c2nc(C)ncc2Cc2ccccc2)C1. The van der Waals surface area contributed by atoms with Crippen molar-refractivity contribution in [2.45, 2.75) is 37.1 Å². The van der Waals surface area contributed by atoms with Crippen LogP contribution in [0.15, 0.2) is 59.9 Å². The summed E-state index contributed by atoms with van der Waals surface area (Å²) in [5.74, 6) is 1.06. The molecule has 0 radical (unpaired) electrons. The number of rotatable bonds is 5. The number of piperidine rings is 1. The minimum Gasteiger partial charge on any atom is -0.338 e. The van der Waals surface area contributed by atoms with Crippen LogP contribution in [0.3, 0.4) is 0 Å². The number of benzene rings is 1. The van der Waals surface area contributed by atoms with E-state index in [0.717, 1.165) is 47.9 Å². The standard InChI is InChI=1S/C24H26N4OS/c1-17-26-15-20(14-18-8-4-3-5-9-18)22(27-17)19-10-7-13-28(16-19)24(29)21-11-6-12-25-23(21)30-2/h3-6,8-9,11-12,15,19H,7,10,13-14,16H2,1-2H3/t19-/m0/s1. The number of hydrogen-bond acceptors (Lipinski definition) is 5. The van der Waals surface area contributed by atoms with Crippen molar-refractivity contribution >= 4 is 17.7 Å². The van der Waals surface area contributed by atoms with Gasteiger partial charge in [-0.15, -0.1) is 11.8 Å². The van der Waals surface area contributed by atoms with E-state index in [1.54, 1.807) is 6.20 Å². The summed E-state index contributed by atoms with van der Waals surface area (Å²) in [5.41, 5.74) is 4.17. The van der Waals surface area contributed by atoms with E-state index in [9.17, 15) is 4.79 Å². The highest BCUT2D eigenvalue weighted by Crippen LogP contribution is 2.30. The molecule has 0 unspecified atom stereocenters. The van der Waals surface area contributed by atoms with Crippen LogP contribution in [0, 0.1) is 6.92 Å². The van der Waals surface area contributed by atoms with Gasteiger partial charge in [-0.1, -0.05) is 30.3 Å². The zero-order chi connectivity index (χ0) is 20.9. The number of nitrogens with zero attached hydrogens (tertiary/aromatic N) is 4. The van der Waals surface area contributed by atoms with Gasteiger partial charge in [-0.2, -0.15) is 0 Å². The van der Waals surface area contributed by atoms with Crippen LogP contribution in [0.2, 0.25) is 0 Å². The molecule has 1 saturated heterocycles. The molecule has 1 amide bonds. The summed E-state index contributed by atoms with van der Waals surface area (Å²) in [6, 6.07) is 14.1. The van der Waals surface area contributed by atoms with E-state index in [1.807, 2.05) is 42.5 Å². The molecule has 1 aliphatic rings. The Kier molecular flexibility index (Phi) is 6.43. The van der Waals surface area contributed by atoms with Crippen LogP contribution in [0.25, 0.3) is 0 Å². The molecular formula is C24H26N4OS. The molecule has 154 valence electrons. The lowest BCUT2D eigenvalue weighted by atomic mass is 9.90. The average molecular weight is 419 g/mol. The van der Waals surface area contributed by atoms with Gasteiger partial charge in [0.1, 0.15) is 10.9 Å². The third-order valence-electron chi connectivity index (χ3n) is 5.55. The van der Waals surface area contributed by atoms with Crippen LogP contribution in [0.1, 0.15) is 51.8 Å². The molecule has 0 aliphatic carbocycles. The van der Waals surface area contributed by atoms with Gasteiger partial charge in [-0.3, -0.25) is 4.79 Å². The van der Waals surface area contributed by atoms with Crippen LogP contribution in [0.4, 0.5) is 0 Å². The molecule has 0 bridgehead atoms. The first-order valence-corrected chi connectivity index (χ1v) is 11.5. The van der Waals surface area contributed by atoms with E-state index in [4.69, 9.17) is 4.98 Å². The Morgan fingerprint density at radius 1 is 1.17 bits per heavy atom. The van der Waals surface area contributed by atoms with Crippen LogP contribution in [-0.4, -0.2) is 45.1 Å². The van der Waals surface area contributed by atoms with Gasteiger partial charge in [0.15, 0.2) is 0 Å². The summed E-state index contributed by atoms with van der Waals surface area (Å²) in [7, 11) is 0. The predicted molar refractivity (Wildman–Crippen MR) is 120 cm³/mol. The fourth-order valence-corrected chi connectivity index (χ4v) is 4.63. The summed E-state index contributed by atoms with van der Waals surface area (Å²) in [6.45, 7) is 3.39. The van der Waals surface area contributed by atoms with E-state index >= 15 is 0 Å². The Bertz CT molecular complexity index is 1020. The molecule has 3 heterocycles. The van der Waals surface area contributed by atoms with Crippen LogP contribution in [-0.2, 0) is 6.42 Å². The van der Waals surface area contributed by atoms with Gasteiger partial charge in [0, 0.05) is 37.8 Å². The van der Waals surface area contributed by atoms with Gasteiger partial charge in [0.05, 0.1) is 11.3 Å². The van der Waals surface area contributed by atoms with E-state index in [1.165, 1.54) is 17.3 Å². The fraction of sp³-hybridized carbons (Fsp3) is 0.333. The Balaban J connectivity index is 1.59. The number of aromatic nitrogens is 3. The normalized spacial score (nSPS) is 16.5. The molecule has 2 aromatic heterocycles. The molecule has 30 heavy (non-hydrogen) atoms. The number of aryl methyl sites for hydroxylation is 1. The van der Waals surface area contributed by atoms with Crippen molar-refractivity contribution in [1.82, 2.24) is 19.9 Å². The zero-order valence-electron chi connectivity index (χ0n) is 17.4. The van der Waals surface area contributed by atoms with E-state index in [-0.39, 0.29) is 11.8 Å². The zero-order valence-corrected chi connectivity index (χ0v) is 18.2. The van der Waals surface area contributed by atoms with Crippen LogP contribution in [0.5, 0.6) is 0 Å². The smallest absolute Gasteiger partial charge is 0.256 e. The molecule has 1 atom stereocenters. The molecule has 5 nitrogen and oxygen atoms in total. The number of carbonyl (C=O) groups excluding carboxylic acids is 1. The second kappa shape index (κ2) is 9.39. The second-order valence-electron chi connectivity index (χ2n) is 7.64. The molecule has 4 rings (SSSR count). The largest absolute Gasteiger partial charge is 0.338 e. The molecule has 6 heteroatoms. The van der Waals surface area contributed by atoms with Gasteiger partial charge in [-0.25, -0.2) is 15.0 Å². The second-order valence-corrected chi connectivity index (χ2v) is 8.44. The van der Waals surface area contributed by atoms with Crippen molar-refractivity contribution in [3.05, 3.63) is 83.1 Å². The molecular weight excluding hydrogens is 392 g/mol. The quantitative estimate of drug-likeness (QED) is 0.571. The number of amides is 1. The molecule has 3 aromatic rings. The summed E-state index contributed by atoms with van der Waals surface area (Å²) in [5, 5.41) is 0.785. The van der Waals surface area contributed by atoms with Crippen molar-refractivity contribution in [2.75, 3.05) is 19.3 Å². The predicted octanol–water partition coefficient (Wildman–Crippen LogP) is 4.51. The first kappa shape index (κ1) is 20.5. The molecule has 0 N–H and O–H groups in total. The highest BCUT2D eigenvalue weighted by atomic mass is 32.2. The first-order valence-electron chi connectivity index (χ1n) is 10.3. The third-order valence-corrected chi connectivity index (χ3v) is 6.26. The summed E-state index contributed by atoms with van der Waals surface area (Å²) in [6.07, 6.45) is 8.46. The van der Waals surface area contributed by atoms with Gasteiger partial charge >= 0.3 is 0 Å². The first-order chi connectivity index (χ1) is 14.7. The Labute approximate surface area is 182 Å². The maximum absolute atomic E-state index is 13.2. The highest BCUT2D eigenvalue weighted by molar-refractivity contribution is 7.98. The summed E-state index contributed by atoms with van der Waals surface area (Å²) >= 11 is 1.51. The molecule has 1 fully saturated rings. The van der Waals surface area contributed by atoms with Gasteiger partial charge in [-0.05, 0) is 49.3 Å². The fourth-order valence-electron chi connectivity index (χ4n) is 4.09. The van der Waals surface area contributed by atoms with Gasteiger partial charge in [0.2, 0.25) is 0 Å². The maximum atomic E-state index is 13.2. The van der Waals surface area contributed by atoms with Crippen molar-refractivity contribution in [3.63, 3.8) is 0 Å². The maximum Gasteiger partial charge on any atom is 0.256 e. The summed E-state index contributed by atoms with van der Waals surface area (Å²) in [4.78, 5) is 28.8. The highest BCUT2D eigenvalue weighted by Gasteiger charge is 2.29. The molecule has 1 aliphatic heterocycles. The van der Waals surface area contributed by atoms with Gasteiger partial charge < -0.3 is 4.90 Å².